The van der Waals surface area contributed by atoms with Gasteiger partial charge < -0.3 is 10.1 Å². The third-order valence-corrected chi connectivity index (χ3v) is 6.07. The molecule has 0 radical (unpaired) electrons. The van der Waals surface area contributed by atoms with E-state index >= 15 is 0 Å². The van der Waals surface area contributed by atoms with Gasteiger partial charge in [-0.2, -0.15) is 0 Å². The predicted molar refractivity (Wildman–Crippen MR) is 98.9 cm³/mol. The number of methoxy groups -OCH3 is 1. The SMILES string of the molecule is COCC1(CNS(=O)(=O)c2ccccc2-c2ccccc2)CCCN1. The van der Waals surface area contributed by atoms with E-state index in [2.05, 4.69) is 10.0 Å². The summed E-state index contributed by atoms with van der Waals surface area (Å²) in [5.74, 6) is 0. The van der Waals surface area contributed by atoms with Gasteiger partial charge in [-0.05, 0) is 31.0 Å². The van der Waals surface area contributed by atoms with Gasteiger partial charge in [-0.3, -0.25) is 0 Å². The molecule has 5 nitrogen and oxygen atoms in total. The van der Waals surface area contributed by atoms with Crippen LogP contribution < -0.4 is 10.0 Å². The second-order valence-corrected chi connectivity index (χ2v) is 8.17. The molecule has 0 aromatic heterocycles. The summed E-state index contributed by atoms with van der Waals surface area (Å²) in [4.78, 5) is 0.298. The van der Waals surface area contributed by atoms with Crippen LogP contribution in [0.3, 0.4) is 0 Å². The Morgan fingerprint density at radius 3 is 2.52 bits per heavy atom. The van der Waals surface area contributed by atoms with Gasteiger partial charge in [-0.25, -0.2) is 13.1 Å². The van der Waals surface area contributed by atoms with Crippen LogP contribution in [0.4, 0.5) is 0 Å². The van der Waals surface area contributed by atoms with Crippen molar-refractivity contribution in [2.45, 2.75) is 23.3 Å². The Hall–Kier alpha value is -1.73. The van der Waals surface area contributed by atoms with E-state index in [1.807, 2.05) is 42.5 Å². The zero-order valence-corrected chi connectivity index (χ0v) is 15.2. The highest BCUT2D eigenvalue weighted by Gasteiger charge is 2.35. The quantitative estimate of drug-likeness (QED) is 0.796. The fourth-order valence-electron chi connectivity index (χ4n) is 3.34. The number of sulfonamides is 1. The van der Waals surface area contributed by atoms with Gasteiger partial charge in [0.2, 0.25) is 10.0 Å². The maximum atomic E-state index is 12.9. The number of rotatable bonds is 7. The molecule has 1 heterocycles. The number of benzene rings is 2. The van der Waals surface area contributed by atoms with Crippen LogP contribution in [0, 0.1) is 0 Å². The molecule has 0 amide bonds. The monoisotopic (exact) mass is 360 g/mol. The Kier molecular flexibility index (Phi) is 5.54. The molecule has 0 aliphatic carbocycles. The summed E-state index contributed by atoms with van der Waals surface area (Å²) in [5, 5.41) is 3.39. The van der Waals surface area contributed by atoms with Crippen molar-refractivity contribution in [2.24, 2.45) is 0 Å². The molecule has 1 aliphatic rings. The molecule has 6 heteroatoms. The minimum Gasteiger partial charge on any atom is -0.383 e. The highest BCUT2D eigenvalue weighted by molar-refractivity contribution is 7.89. The number of nitrogens with one attached hydrogen (secondary N) is 2. The first-order valence-corrected chi connectivity index (χ1v) is 9.93. The van der Waals surface area contributed by atoms with Crippen molar-refractivity contribution in [1.29, 1.82) is 0 Å². The first kappa shape index (κ1) is 18.1. The zero-order valence-electron chi connectivity index (χ0n) is 14.4. The third kappa shape index (κ3) is 4.10. The third-order valence-electron chi connectivity index (χ3n) is 4.61. The second-order valence-electron chi connectivity index (χ2n) is 6.43. The van der Waals surface area contributed by atoms with Gasteiger partial charge in [0.05, 0.1) is 17.0 Å². The van der Waals surface area contributed by atoms with E-state index in [9.17, 15) is 8.42 Å². The van der Waals surface area contributed by atoms with Crippen LogP contribution in [0.2, 0.25) is 0 Å². The van der Waals surface area contributed by atoms with Crippen molar-refractivity contribution < 1.29 is 13.2 Å². The molecule has 0 spiro atoms. The number of hydrogen-bond donors (Lipinski definition) is 2. The largest absolute Gasteiger partial charge is 0.383 e. The molecule has 2 aromatic rings. The van der Waals surface area contributed by atoms with E-state index < -0.39 is 10.0 Å². The van der Waals surface area contributed by atoms with Crippen LogP contribution in [0.25, 0.3) is 11.1 Å². The van der Waals surface area contributed by atoms with Crippen molar-refractivity contribution in [3.63, 3.8) is 0 Å². The fraction of sp³-hybridized carbons (Fsp3) is 0.368. The Bertz CT molecular complexity index is 800. The smallest absolute Gasteiger partial charge is 0.241 e. The Morgan fingerprint density at radius 1 is 1.12 bits per heavy atom. The molecule has 0 bridgehead atoms. The van der Waals surface area contributed by atoms with E-state index in [0.717, 1.165) is 24.9 Å². The van der Waals surface area contributed by atoms with Gasteiger partial charge in [0.1, 0.15) is 0 Å². The lowest BCUT2D eigenvalue weighted by atomic mass is 9.99. The number of hydrogen-bond acceptors (Lipinski definition) is 4. The van der Waals surface area contributed by atoms with E-state index in [1.54, 1.807) is 19.2 Å². The molecule has 1 unspecified atom stereocenters. The minimum absolute atomic E-state index is 0.298. The second kappa shape index (κ2) is 7.66. The average Bonchev–Trinajstić information content (AvgIpc) is 3.10. The van der Waals surface area contributed by atoms with Crippen molar-refractivity contribution in [3.05, 3.63) is 54.6 Å². The highest BCUT2D eigenvalue weighted by Crippen LogP contribution is 2.27. The van der Waals surface area contributed by atoms with Crippen molar-refractivity contribution in [3.8, 4) is 11.1 Å². The lowest BCUT2D eigenvalue weighted by Gasteiger charge is -2.29. The maximum absolute atomic E-state index is 12.9. The van der Waals surface area contributed by atoms with Crippen LogP contribution >= 0.6 is 0 Å². The fourth-order valence-corrected chi connectivity index (χ4v) is 4.69. The van der Waals surface area contributed by atoms with Crippen molar-refractivity contribution in [2.75, 3.05) is 26.8 Å². The van der Waals surface area contributed by atoms with Gasteiger partial charge in [0.25, 0.3) is 0 Å². The molecule has 1 aliphatic heterocycles. The lowest BCUT2D eigenvalue weighted by molar-refractivity contribution is 0.122. The molecule has 25 heavy (non-hydrogen) atoms. The average molecular weight is 360 g/mol. The van der Waals surface area contributed by atoms with E-state index in [4.69, 9.17) is 4.74 Å². The maximum Gasteiger partial charge on any atom is 0.241 e. The van der Waals surface area contributed by atoms with Gasteiger partial charge >= 0.3 is 0 Å². The zero-order chi connectivity index (χ0) is 17.8. The van der Waals surface area contributed by atoms with Gasteiger partial charge in [-0.15, -0.1) is 0 Å². The summed E-state index contributed by atoms with van der Waals surface area (Å²) in [5.41, 5.74) is 1.26. The van der Waals surface area contributed by atoms with E-state index in [-0.39, 0.29) is 5.54 Å². The minimum atomic E-state index is -3.63. The number of ether oxygens (including phenoxy) is 1. The summed E-state index contributed by atoms with van der Waals surface area (Å²) in [6, 6.07) is 16.6. The van der Waals surface area contributed by atoms with E-state index in [1.165, 1.54) is 0 Å². The standard InChI is InChI=1S/C19H24N2O3S/c1-24-15-19(12-7-13-20-19)14-21-25(22,23)18-11-6-5-10-17(18)16-8-3-2-4-9-16/h2-6,8-11,20-21H,7,12-15H2,1H3. The Balaban J connectivity index is 1.86. The molecule has 1 saturated heterocycles. The van der Waals surface area contributed by atoms with Gasteiger partial charge in [-0.1, -0.05) is 48.5 Å². The summed E-state index contributed by atoms with van der Waals surface area (Å²) in [6.45, 7) is 1.67. The summed E-state index contributed by atoms with van der Waals surface area (Å²) in [6.07, 6.45) is 1.91. The van der Waals surface area contributed by atoms with Crippen LogP contribution in [0.5, 0.6) is 0 Å². The molecule has 3 rings (SSSR count). The molecule has 2 aromatic carbocycles. The molecular formula is C19H24N2O3S. The van der Waals surface area contributed by atoms with Crippen LogP contribution in [-0.2, 0) is 14.8 Å². The Labute approximate surface area is 149 Å². The Morgan fingerprint density at radius 2 is 1.84 bits per heavy atom. The first-order valence-electron chi connectivity index (χ1n) is 8.44. The van der Waals surface area contributed by atoms with E-state index in [0.29, 0.717) is 23.6 Å². The molecule has 134 valence electrons. The molecular weight excluding hydrogens is 336 g/mol. The van der Waals surface area contributed by atoms with Crippen LogP contribution in [0.1, 0.15) is 12.8 Å². The van der Waals surface area contributed by atoms with Gasteiger partial charge in [0, 0.05) is 19.2 Å². The molecule has 0 saturated carbocycles. The summed E-state index contributed by atoms with van der Waals surface area (Å²) >= 11 is 0. The first-order chi connectivity index (χ1) is 12.1. The lowest BCUT2D eigenvalue weighted by Crippen LogP contribution is -2.52. The van der Waals surface area contributed by atoms with Crippen molar-refractivity contribution >= 4 is 10.0 Å². The normalized spacial score (nSPS) is 20.7. The summed E-state index contributed by atoms with van der Waals surface area (Å²) in [7, 11) is -1.99. The predicted octanol–water partition coefficient (Wildman–Crippen LogP) is 2.40. The molecule has 2 N–H and O–H groups in total. The van der Waals surface area contributed by atoms with Crippen LogP contribution in [-0.4, -0.2) is 40.8 Å². The molecule has 1 atom stereocenters. The summed E-state index contributed by atoms with van der Waals surface area (Å²) < 4.78 is 34.0. The van der Waals surface area contributed by atoms with Crippen molar-refractivity contribution in [1.82, 2.24) is 10.0 Å². The highest BCUT2D eigenvalue weighted by atomic mass is 32.2. The topological polar surface area (TPSA) is 67.4 Å². The molecule has 1 fully saturated rings. The van der Waals surface area contributed by atoms with Gasteiger partial charge in [0.15, 0.2) is 0 Å². The van der Waals surface area contributed by atoms with Crippen LogP contribution in [0.15, 0.2) is 59.5 Å².